The first-order valence-corrected chi connectivity index (χ1v) is 1.10. The Morgan fingerprint density at radius 2 is 0.778 bits per heavy atom. The SMILES string of the molecule is O=[N+]([O-])[O-].O=[N+]([O-])[O-].[Hf+2]. The molecule has 0 aromatic rings. The summed E-state index contributed by atoms with van der Waals surface area (Å²) in [6, 6.07) is 0. The zero-order valence-corrected chi connectivity index (χ0v) is 7.44. The van der Waals surface area contributed by atoms with Crippen molar-refractivity contribution < 1.29 is 36.0 Å². The first kappa shape index (κ1) is 15.7. The molecule has 0 N–H and O–H groups in total. The summed E-state index contributed by atoms with van der Waals surface area (Å²) in [6.45, 7) is 0. The predicted molar refractivity (Wildman–Crippen MR) is 20.7 cm³/mol. The van der Waals surface area contributed by atoms with Crippen LogP contribution in [0.3, 0.4) is 0 Å². The molecule has 0 rings (SSSR count). The summed E-state index contributed by atoms with van der Waals surface area (Å²) in [7, 11) is 0. The topological polar surface area (TPSA) is 132 Å². The van der Waals surface area contributed by atoms with Gasteiger partial charge < -0.3 is 30.6 Å². The number of rotatable bonds is 0. The van der Waals surface area contributed by atoms with Crippen LogP contribution in [0.2, 0.25) is 0 Å². The minimum Gasteiger partial charge on any atom is -0.356 e. The predicted octanol–water partition coefficient (Wildman–Crippen LogP) is -0.481. The summed E-state index contributed by atoms with van der Waals surface area (Å²) in [4.78, 5) is 16.5. The van der Waals surface area contributed by atoms with Crippen molar-refractivity contribution in [3.05, 3.63) is 30.6 Å². The van der Waals surface area contributed by atoms with Crippen molar-refractivity contribution in [1.29, 1.82) is 0 Å². The van der Waals surface area contributed by atoms with Crippen LogP contribution in [0.25, 0.3) is 0 Å². The van der Waals surface area contributed by atoms with E-state index in [9.17, 15) is 0 Å². The first-order valence-electron chi connectivity index (χ1n) is 1.10. The van der Waals surface area contributed by atoms with Gasteiger partial charge in [-0.15, -0.1) is 0 Å². The Morgan fingerprint density at radius 3 is 0.778 bits per heavy atom. The van der Waals surface area contributed by atoms with Crippen LogP contribution in [0.15, 0.2) is 0 Å². The molecule has 9 heavy (non-hydrogen) atoms. The van der Waals surface area contributed by atoms with Gasteiger partial charge in [0.25, 0.3) is 0 Å². The zero-order valence-electron chi connectivity index (χ0n) is 3.84. The third-order valence-electron chi connectivity index (χ3n) is 0. The Hall–Kier alpha value is -0.730. The van der Waals surface area contributed by atoms with Gasteiger partial charge in [0, 0.05) is 0 Å². The van der Waals surface area contributed by atoms with Crippen LogP contribution in [0.5, 0.6) is 0 Å². The van der Waals surface area contributed by atoms with Crippen molar-refractivity contribution in [2.45, 2.75) is 0 Å². The van der Waals surface area contributed by atoms with Crippen molar-refractivity contribution in [2.24, 2.45) is 0 Å². The molecule has 0 spiro atoms. The molecule has 0 saturated heterocycles. The van der Waals surface area contributed by atoms with Crippen LogP contribution in [0, 0.1) is 30.6 Å². The first-order chi connectivity index (χ1) is 3.46. The Kier molecular flexibility index (Phi) is 18.0. The molecule has 0 heterocycles. The van der Waals surface area contributed by atoms with Crippen molar-refractivity contribution in [1.82, 2.24) is 0 Å². The van der Waals surface area contributed by atoms with E-state index < -0.39 is 10.2 Å². The van der Waals surface area contributed by atoms with Crippen LogP contribution >= 0.6 is 0 Å². The quantitative estimate of drug-likeness (QED) is 0.337. The standard InChI is InChI=1S/Hf.2NO3/c;2*2-1(3)4/q+2;2*-1. The second-order valence-electron chi connectivity index (χ2n) is 0.447. The maximum atomic E-state index is 8.25. The maximum absolute atomic E-state index is 8.25. The molecule has 0 fully saturated rings. The van der Waals surface area contributed by atoms with Gasteiger partial charge in [0.1, 0.15) is 0 Å². The van der Waals surface area contributed by atoms with Gasteiger partial charge in [0.15, 0.2) is 0 Å². The molecule has 8 nitrogen and oxygen atoms in total. The molecule has 0 saturated carbocycles. The number of nitrogens with zero attached hydrogens (tertiary/aromatic N) is 2. The fraction of sp³-hybridized carbons (Fsp3) is 0. The molecule has 0 unspecified atom stereocenters. The number of hydrogen-bond acceptors (Lipinski definition) is 6. The third-order valence-corrected chi connectivity index (χ3v) is 0. The van der Waals surface area contributed by atoms with E-state index in [1.807, 2.05) is 0 Å². The average molecular weight is 302 g/mol. The van der Waals surface area contributed by atoms with Gasteiger partial charge in [-0.25, -0.2) is 0 Å². The van der Waals surface area contributed by atoms with Crippen molar-refractivity contribution in [3.63, 3.8) is 0 Å². The third kappa shape index (κ3) is 379. The van der Waals surface area contributed by atoms with E-state index in [4.69, 9.17) is 30.6 Å². The summed E-state index contributed by atoms with van der Waals surface area (Å²) >= 11 is 0. The normalized spacial score (nSPS) is 5.33. The summed E-state index contributed by atoms with van der Waals surface area (Å²) in [5.41, 5.74) is 0. The van der Waals surface area contributed by atoms with E-state index in [2.05, 4.69) is 0 Å². The second kappa shape index (κ2) is 10.3. The molecule has 0 aromatic heterocycles. The van der Waals surface area contributed by atoms with E-state index in [-0.39, 0.29) is 25.8 Å². The molecule has 0 aliphatic carbocycles. The van der Waals surface area contributed by atoms with Gasteiger partial charge in [0.2, 0.25) is 0 Å². The van der Waals surface area contributed by atoms with Gasteiger partial charge in [-0.1, -0.05) is 0 Å². The van der Waals surface area contributed by atoms with Gasteiger partial charge in [-0.3, -0.25) is 0 Å². The van der Waals surface area contributed by atoms with Crippen LogP contribution in [-0.2, 0) is 25.8 Å². The molecular formula is HfN2O6. The Morgan fingerprint density at radius 1 is 0.778 bits per heavy atom. The minimum absolute atomic E-state index is 0. The molecule has 0 aliphatic heterocycles. The van der Waals surface area contributed by atoms with E-state index in [1.54, 1.807) is 0 Å². The summed E-state index contributed by atoms with van der Waals surface area (Å²) in [5.74, 6) is 0. The van der Waals surface area contributed by atoms with Gasteiger partial charge in [0.05, 0.1) is 10.2 Å². The van der Waals surface area contributed by atoms with Gasteiger partial charge in [-0.2, -0.15) is 0 Å². The molecule has 50 valence electrons. The van der Waals surface area contributed by atoms with Crippen molar-refractivity contribution in [3.8, 4) is 0 Å². The molecule has 0 aliphatic rings. The summed E-state index contributed by atoms with van der Waals surface area (Å²) in [5, 5.41) is 29.5. The van der Waals surface area contributed by atoms with Crippen LogP contribution in [0.1, 0.15) is 0 Å². The Bertz CT molecular complexity index is 69.1. The van der Waals surface area contributed by atoms with Crippen LogP contribution in [-0.4, -0.2) is 10.2 Å². The van der Waals surface area contributed by atoms with Gasteiger partial charge in [-0.05, 0) is 0 Å². The zero-order chi connectivity index (χ0) is 7.15. The van der Waals surface area contributed by atoms with E-state index in [0.29, 0.717) is 0 Å². The average Bonchev–Trinajstić information content (AvgIpc) is 1.25. The van der Waals surface area contributed by atoms with E-state index in [1.165, 1.54) is 0 Å². The number of hydrogen-bond donors (Lipinski definition) is 0. The van der Waals surface area contributed by atoms with Crippen LogP contribution < -0.4 is 0 Å². The molecule has 0 atom stereocenters. The Balaban J connectivity index is -0.0000000720. The van der Waals surface area contributed by atoms with Crippen molar-refractivity contribution >= 4 is 0 Å². The largest absolute Gasteiger partial charge is 2.00 e. The molecule has 9 heteroatoms. The molecular weight excluding hydrogens is 302 g/mol. The molecule has 0 radical (unpaired) electrons. The molecule has 0 aromatic carbocycles. The Labute approximate surface area is 67.1 Å². The summed E-state index contributed by atoms with van der Waals surface area (Å²) in [6.07, 6.45) is 0. The minimum atomic E-state index is -1.75. The van der Waals surface area contributed by atoms with Crippen molar-refractivity contribution in [2.75, 3.05) is 0 Å². The van der Waals surface area contributed by atoms with Gasteiger partial charge >= 0.3 is 25.8 Å². The molecule has 0 bridgehead atoms. The van der Waals surface area contributed by atoms with E-state index in [0.717, 1.165) is 0 Å². The second-order valence-corrected chi connectivity index (χ2v) is 0.447. The smallest absolute Gasteiger partial charge is 0.356 e. The fourth-order valence-corrected chi connectivity index (χ4v) is 0. The maximum Gasteiger partial charge on any atom is 2.00 e. The molecule has 0 amide bonds. The summed E-state index contributed by atoms with van der Waals surface area (Å²) < 4.78 is 0. The van der Waals surface area contributed by atoms with E-state index >= 15 is 0 Å². The fourth-order valence-electron chi connectivity index (χ4n) is 0. The van der Waals surface area contributed by atoms with Crippen LogP contribution in [0.4, 0.5) is 0 Å². The monoisotopic (exact) mass is 304 g/mol.